The van der Waals surface area contributed by atoms with Gasteiger partial charge in [-0.2, -0.15) is 5.48 Å². The first-order valence-corrected chi connectivity index (χ1v) is 2.95. The van der Waals surface area contributed by atoms with Crippen LogP contribution in [0.5, 0.6) is 0 Å². The van der Waals surface area contributed by atoms with Crippen molar-refractivity contribution in [2.24, 2.45) is 5.73 Å². The summed E-state index contributed by atoms with van der Waals surface area (Å²) in [4.78, 5) is 22.8. The van der Waals surface area contributed by atoms with Gasteiger partial charge >= 0.3 is 12.0 Å². The molecule has 58 valence electrons. The summed E-state index contributed by atoms with van der Waals surface area (Å²) in [6.45, 7) is 0. The summed E-state index contributed by atoms with van der Waals surface area (Å²) >= 11 is 10.0. The highest BCUT2D eigenvalue weighted by molar-refractivity contribution is 6.52. The van der Waals surface area contributed by atoms with Crippen molar-refractivity contribution in [1.82, 2.24) is 5.48 Å². The highest BCUT2D eigenvalue weighted by Gasteiger charge is 2.13. The number of carbonyl (C=O) groups is 2. The lowest BCUT2D eigenvalue weighted by molar-refractivity contribution is -0.146. The lowest BCUT2D eigenvalue weighted by atomic mass is 10.8. The van der Waals surface area contributed by atoms with Gasteiger partial charge in [0.05, 0.1) is 0 Å². The van der Waals surface area contributed by atoms with Gasteiger partial charge in [0.2, 0.25) is 4.84 Å². The fraction of sp³-hybridized carbons (Fsp3) is 0.333. The Balaban J connectivity index is 3.50. The molecule has 10 heavy (non-hydrogen) atoms. The van der Waals surface area contributed by atoms with E-state index in [-0.39, 0.29) is 0 Å². The van der Waals surface area contributed by atoms with E-state index in [1.54, 1.807) is 5.48 Å². The Bertz CT molecular complexity index is 149. The minimum Gasteiger partial charge on any atom is -0.349 e. The quantitative estimate of drug-likeness (QED) is 0.444. The average Bonchev–Trinajstić information content (AvgIpc) is 1.82. The molecule has 5 nitrogen and oxygen atoms in total. The van der Waals surface area contributed by atoms with E-state index in [9.17, 15) is 9.59 Å². The Kier molecular flexibility index (Phi) is 3.90. The molecule has 0 aliphatic rings. The molecule has 0 aliphatic heterocycles. The minimum absolute atomic E-state index is 0.984. The number of urea groups is 1. The van der Waals surface area contributed by atoms with E-state index in [1.165, 1.54) is 0 Å². The van der Waals surface area contributed by atoms with Crippen molar-refractivity contribution >= 4 is 35.2 Å². The molecular weight excluding hydrogens is 183 g/mol. The van der Waals surface area contributed by atoms with Crippen molar-refractivity contribution in [1.29, 1.82) is 0 Å². The van der Waals surface area contributed by atoms with Crippen LogP contribution in [0.2, 0.25) is 0 Å². The monoisotopic (exact) mass is 186 g/mol. The molecule has 0 aromatic carbocycles. The smallest absolute Gasteiger partial charge is 0.349 e. The molecule has 0 spiro atoms. The number of carbonyl (C=O) groups excluding carboxylic acids is 2. The van der Waals surface area contributed by atoms with E-state index in [4.69, 9.17) is 23.2 Å². The van der Waals surface area contributed by atoms with Gasteiger partial charge in [0.1, 0.15) is 0 Å². The fourth-order valence-electron chi connectivity index (χ4n) is 0.145. The second kappa shape index (κ2) is 4.19. The second-order valence-corrected chi connectivity index (χ2v) is 2.28. The Morgan fingerprint density at radius 1 is 1.50 bits per heavy atom. The van der Waals surface area contributed by atoms with Crippen molar-refractivity contribution in [2.75, 3.05) is 0 Å². The van der Waals surface area contributed by atoms with Crippen molar-refractivity contribution in [3.05, 3.63) is 0 Å². The molecule has 0 aromatic heterocycles. The molecule has 0 unspecified atom stereocenters. The first-order valence-electron chi connectivity index (χ1n) is 2.08. The van der Waals surface area contributed by atoms with Gasteiger partial charge in [-0.1, -0.05) is 23.2 Å². The molecule has 0 fully saturated rings. The Labute approximate surface area is 66.4 Å². The highest BCUT2D eigenvalue weighted by Crippen LogP contribution is 2.01. The SMILES string of the molecule is NC(=O)NOC(=O)C(Cl)Cl. The van der Waals surface area contributed by atoms with Crippen LogP contribution in [0.15, 0.2) is 0 Å². The van der Waals surface area contributed by atoms with Gasteiger partial charge in [-0.15, -0.1) is 0 Å². The minimum atomic E-state index is -1.33. The summed E-state index contributed by atoms with van der Waals surface area (Å²) in [6, 6.07) is -0.998. The van der Waals surface area contributed by atoms with Gasteiger partial charge in [0.15, 0.2) is 0 Å². The highest BCUT2D eigenvalue weighted by atomic mass is 35.5. The second-order valence-electron chi connectivity index (χ2n) is 1.19. The molecule has 0 atom stereocenters. The largest absolute Gasteiger partial charge is 0.364 e. The molecule has 3 N–H and O–H groups in total. The number of nitrogens with one attached hydrogen (secondary N) is 1. The van der Waals surface area contributed by atoms with Gasteiger partial charge in [-0.3, -0.25) is 0 Å². The number of hydrogen-bond acceptors (Lipinski definition) is 3. The molecule has 0 aromatic rings. The van der Waals surface area contributed by atoms with Crippen LogP contribution in [0.25, 0.3) is 0 Å². The number of amides is 2. The predicted molar refractivity (Wildman–Crippen MR) is 34.3 cm³/mol. The average molecular weight is 187 g/mol. The van der Waals surface area contributed by atoms with E-state index < -0.39 is 16.8 Å². The third kappa shape index (κ3) is 4.22. The van der Waals surface area contributed by atoms with Gasteiger partial charge in [-0.25, -0.2) is 9.59 Å². The summed E-state index contributed by atoms with van der Waals surface area (Å²) in [5.74, 6) is -0.984. The number of hydroxylamine groups is 1. The normalized spacial score (nSPS) is 9.10. The molecule has 0 saturated heterocycles. The third-order valence-electron chi connectivity index (χ3n) is 0.430. The zero-order valence-corrected chi connectivity index (χ0v) is 6.15. The van der Waals surface area contributed by atoms with E-state index in [0.29, 0.717) is 0 Å². The summed E-state index contributed by atoms with van der Waals surface area (Å²) in [7, 11) is 0. The molecular formula is C3H4Cl2N2O3. The zero-order valence-electron chi connectivity index (χ0n) is 4.64. The number of alkyl halides is 2. The molecule has 0 radical (unpaired) electrons. The van der Waals surface area contributed by atoms with E-state index in [2.05, 4.69) is 10.6 Å². The number of primary amides is 1. The van der Waals surface area contributed by atoms with Crippen molar-refractivity contribution < 1.29 is 14.4 Å². The maximum absolute atomic E-state index is 10.3. The van der Waals surface area contributed by atoms with Crippen molar-refractivity contribution in [2.45, 2.75) is 4.84 Å². The molecule has 0 aliphatic carbocycles. The first-order chi connectivity index (χ1) is 4.54. The Hall–Kier alpha value is -0.680. The molecule has 0 saturated carbocycles. The topological polar surface area (TPSA) is 81.4 Å². The Morgan fingerprint density at radius 2 is 2.00 bits per heavy atom. The number of hydrogen-bond donors (Lipinski definition) is 2. The van der Waals surface area contributed by atoms with Crippen molar-refractivity contribution in [3.63, 3.8) is 0 Å². The number of nitrogens with two attached hydrogens (primary N) is 1. The van der Waals surface area contributed by atoms with E-state index in [0.717, 1.165) is 0 Å². The number of rotatable bonds is 1. The first kappa shape index (κ1) is 9.32. The van der Waals surface area contributed by atoms with Crippen LogP contribution in [0.3, 0.4) is 0 Å². The summed E-state index contributed by atoms with van der Waals surface area (Å²) in [5, 5.41) is 0. The molecule has 0 bridgehead atoms. The Morgan fingerprint density at radius 3 is 2.30 bits per heavy atom. The van der Waals surface area contributed by atoms with Gasteiger partial charge < -0.3 is 10.6 Å². The lowest BCUT2D eigenvalue weighted by Gasteiger charge is -2.01. The molecule has 0 rings (SSSR count). The van der Waals surface area contributed by atoms with Crippen LogP contribution in [-0.4, -0.2) is 16.8 Å². The molecule has 2 amide bonds. The van der Waals surface area contributed by atoms with Crippen LogP contribution in [-0.2, 0) is 9.63 Å². The van der Waals surface area contributed by atoms with Gasteiger partial charge in [0.25, 0.3) is 0 Å². The molecule has 0 heterocycles. The lowest BCUT2D eigenvalue weighted by Crippen LogP contribution is -2.33. The van der Waals surface area contributed by atoms with Crippen LogP contribution >= 0.6 is 23.2 Å². The zero-order chi connectivity index (χ0) is 8.15. The van der Waals surface area contributed by atoms with Crippen LogP contribution in [0.1, 0.15) is 0 Å². The van der Waals surface area contributed by atoms with E-state index in [1.807, 2.05) is 0 Å². The van der Waals surface area contributed by atoms with E-state index >= 15 is 0 Å². The summed E-state index contributed by atoms with van der Waals surface area (Å²) in [5.41, 5.74) is 6.07. The number of halogens is 2. The maximum atomic E-state index is 10.3. The van der Waals surface area contributed by atoms with Crippen LogP contribution in [0, 0.1) is 0 Å². The third-order valence-corrected chi connectivity index (χ3v) is 0.787. The van der Waals surface area contributed by atoms with Crippen LogP contribution < -0.4 is 11.2 Å². The maximum Gasteiger partial charge on any atom is 0.364 e. The summed E-state index contributed by atoms with van der Waals surface area (Å²) in [6.07, 6.45) is 0. The molecule has 7 heteroatoms. The predicted octanol–water partition coefficient (Wildman–Crippen LogP) is -0.0834. The van der Waals surface area contributed by atoms with Gasteiger partial charge in [-0.05, 0) is 0 Å². The summed E-state index contributed by atoms with van der Waals surface area (Å²) < 4.78 is 0. The van der Waals surface area contributed by atoms with Crippen molar-refractivity contribution in [3.8, 4) is 0 Å². The van der Waals surface area contributed by atoms with Gasteiger partial charge in [0, 0.05) is 0 Å². The standard InChI is InChI=1S/C3H4Cl2N2O3/c4-1(5)2(8)10-7-3(6)9/h1H,(H3,6,7,9). The fourth-order valence-corrected chi connectivity index (χ4v) is 0.234. The van der Waals surface area contributed by atoms with Crippen LogP contribution in [0.4, 0.5) is 4.79 Å².